The zero-order valence-corrected chi connectivity index (χ0v) is 21.3. The number of halogens is 3. The number of aliphatic carboxylic acids is 1. The van der Waals surface area contributed by atoms with Crippen LogP contribution < -0.4 is 10.1 Å². The molecule has 0 bridgehead atoms. The molecule has 5 nitrogen and oxygen atoms in total. The van der Waals surface area contributed by atoms with Gasteiger partial charge in [-0.05, 0) is 108 Å². The van der Waals surface area contributed by atoms with Crippen molar-refractivity contribution in [3.05, 3.63) is 102 Å². The van der Waals surface area contributed by atoms with E-state index in [1.54, 1.807) is 42.5 Å². The monoisotopic (exact) mass is 655 g/mol. The van der Waals surface area contributed by atoms with Gasteiger partial charge in [-0.2, -0.15) is 0 Å². The van der Waals surface area contributed by atoms with Crippen molar-refractivity contribution in [3.8, 4) is 5.75 Å². The first-order valence-electron chi connectivity index (χ1n) is 9.01. The van der Waals surface area contributed by atoms with E-state index >= 15 is 0 Å². The van der Waals surface area contributed by atoms with Gasteiger partial charge < -0.3 is 15.2 Å². The Bertz CT molecular complexity index is 1110. The van der Waals surface area contributed by atoms with Crippen molar-refractivity contribution in [3.63, 3.8) is 0 Å². The van der Waals surface area contributed by atoms with Crippen LogP contribution in [-0.4, -0.2) is 17.0 Å². The lowest BCUT2D eigenvalue weighted by Crippen LogP contribution is -2.27. The van der Waals surface area contributed by atoms with E-state index in [-0.39, 0.29) is 5.70 Å². The van der Waals surface area contributed by atoms with E-state index in [0.717, 1.165) is 9.13 Å². The summed E-state index contributed by atoms with van der Waals surface area (Å²) in [5.41, 5.74) is 1.74. The summed E-state index contributed by atoms with van der Waals surface area (Å²) in [5, 5.41) is 12.0. The highest BCUT2D eigenvalue weighted by Crippen LogP contribution is 2.36. The van der Waals surface area contributed by atoms with Crippen molar-refractivity contribution in [2.75, 3.05) is 0 Å². The van der Waals surface area contributed by atoms with Crippen LogP contribution in [0.5, 0.6) is 5.75 Å². The molecule has 2 N–H and O–H groups in total. The van der Waals surface area contributed by atoms with Crippen LogP contribution in [0.4, 0.5) is 0 Å². The molecule has 0 unspecified atom stereocenters. The van der Waals surface area contributed by atoms with Crippen molar-refractivity contribution < 1.29 is 19.4 Å². The van der Waals surface area contributed by atoms with Gasteiger partial charge in [-0.25, -0.2) is 4.79 Å². The highest BCUT2D eigenvalue weighted by molar-refractivity contribution is 14.1. The molecule has 3 aromatic carbocycles. The standard InChI is InChI=1S/C23H16Br2INO4/c24-18-10-15(11-19(25)21(18)31-13-14-6-8-17(26)9-7-14)12-20(23(29)30)27-22(28)16-4-2-1-3-5-16/h1-12H,13H2,(H,27,28)(H,29,30)/b20-12+. The van der Waals surface area contributed by atoms with E-state index in [4.69, 9.17) is 4.74 Å². The van der Waals surface area contributed by atoms with E-state index in [0.29, 0.717) is 32.4 Å². The van der Waals surface area contributed by atoms with Crippen LogP contribution in [0.25, 0.3) is 6.08 Å². The zero-order valence-electron chi connectivity index (χ0n) is 15.9. The summed E-state index contributed by atoms with van der Waals surface area (Å²) in [6.07, 6.45) is 1.39. The Kier molecular flexibility index (Phi) is 8.28. The predicted molar refractivity (Wildman–Crippen MR) is 135 cm³/mol. The molecule has 0 aliphatic heterocycles. The van der Waals surface area contributed by atoms with Crippen molar-refractivity contribution >= 4 is 72.4 Å². The van der Waals surface area contributed by atoms with E-state index in [2.05, 4.69) is 59.8 Å². The third kappa shape index (κ3) is 6.65. The Morgan fingerprint density at radius 1 is 1.00 bits per heavy atom. The summed E-state index contributed by atoms with van der Waals surface area (Å²) in [5.74, 6) is -1.14. The fourth-order valence-electron chi connectivity index (χ4n) is 2.64. The predicted octanol–water partition coefficient (Wildman–Crippen LogP) is 6.25. The van der Waals surface area contributed by atoms with Gasteiger partial charge in [-0.1, -0.05) is 30.3 Å². The normalized spacial score (nSPS) is 11.1. The van der Waals surface area contributed by atoms with E-state index < -0.39 is 11.9 Å². The lowest BCUT2D eigenvalue weighted by atomic mass is 10.1. The van der Waals surface area contributed by atoms with E-state index in [1.807, 2.05) is 24.3 Å². The van der Waals surface area contributed by atoms with Gasteiger partial charge in [0.2, 0.25) is 0 Å². The zero-order chi connectivity index (χ0) is 22.4. The van der Waals surface area contributed by atoms with Crippen LogP contribution >= 0.6 is 54.5 Å². The van der Waals surface area contributed by atoms with Crippen molar-refractivity contribution in [1.29, 1.82) is 0 Å². The lowest BCUT2D eigenvalue weighted by molar-refractivity contribution is -0.132. The SMILES string of the molecule is O=C(O)/C(=C\c1cc(Br)c(OCc2ccc(I)cc2)c(Br)c1)NC(=O)c1ccccc1. The Hall–Kier alpha value is -2.17. The fraction of sp³-hybridized carbons (Fsp3) is 0.0435. The number of carboxylic acid groups (broad SMARTS) is 1. The fourth-order valence-corrected chi connectivity index (χ4v) is 4.45. The molecule has 0 atom stereocenters. The Labute approximate surface area is 209 Å². The second-order valence-corrected chi connectivity index (χ2v) is 9.37. The van der Waals surface area contributed by atoms with E-state index in [9.17, 15) is 14.7 Å². The first-order valence-corrected chi connectivity index (χ1v) is 11.7. The topological polar surface area (TPSA) is 75.6 Å². The molecule has 0 saturated heterocycles. The van der Waals surface area contributed by atoms with Crippen molar-refractivity contribution in [2.24, 2.45) is 0 Å². The molecule has 3 aromatic rings. The van der Waals surface area contributed by atoms with Gasteiger partial charge >= 0.3 is 5.97 Å². The van der Waals surface area contributed by atoms with Crippen molar-refractivity contribution in [1.82, 2.24) is 5.32 Å². The average Bonchev–Trinajstić information content (AvgIpc) is 2.74. The number of carboxylic acids is 1. The summed E-state index contributed by atoms with van der Waals surface area (Å²) in [6, 6.07) is 19.9. The van der Waals surface area contributed by atoms with Gasteiger partial charge in [0.1, 0.15) is 18.1 Å². The number of rotatable bonds is 7. The molecule has 3 rings (SSSR count). The molecule has 1 amide bonds. The molecule has 0 aromatic heterocycles. The highest BCUT2D eigenvalue weighted by atomic mass is 127. The van der Waals surface area contributed by atoms with Gasteiger partial charge in [0, 0.05) is 9.13 Å². The Morgan fingerprint density at radius 3 is 2.19 bits per heavy atom. The number of nitrogens with one attached hydrogen (secondary N) is 1. The van der Waals surface area contributed by atoms with Crippen LogP contribution in [0.2, 0.25) is 0 Å². The molecule has 31 heavy (non-hydrogen) atoms. The second kappa shape index (κ2) is 10.9. The number of hydrogen-bond donors (Lipinski definition) is 2. The van der Waals surface area contributed by atoms with Gasteiger partial charge in [0.25, 0.3) is 5.91 Å². The molecule has 0 radical (unpaired) electrons. The molecule has 0 spiro atoms. The molecule has 0 fully saturated rings. The number of benzene rings is 3. The van der Waals surface area contributed by atoms with Crippen LogP contribution in [0, 0.1) is 3.57 Å². The minimum Gasteiger partial charge on any atom is -0.487 e. The average molecular weight is 657 g/mol. The molecule has 8 heteroatoms. The molecule has 0 saturated carbocycles. The lowest BCUT2D eigenvalue weighted by Gasteiger charge is -2.12. The summed E-state index contributed by atoms with van der Waals surface area (Å²) in [4.78, 5) is 24.0. The smallest absolute Gasteiger partial charge is 0.352 e. The molecule has 158 valence electrons. The van der Waals surface area contributed by atoms with Gasteiger partial charge in [-0.3, -0.25) is 4.79 Å². The maximum Gasteiger partial charge on any atom is 0.352 e. The molecular weight excluding hydrogens is 641 g/mol. The van der Waals surface area contributed by atoms with Crippen molar-refractivity contribution in [2.45, 2.75) is 6.61 Å². The number of ether oxygens (including phenoxy) is 1. The largest absolute Gasteiger partial charge is 0.487 e. The quantitative estimate of drug-likeness (QED) is 0.233. The second-order valence-electron chi connectivity index (χ2n) is 6.41. The van der Waals surface area contributed by atoms with Crippen LogP contribution in [0.15, 0.2) is 81.4 Å². The summed E-state index contributed by atoms with van der Waals surface area (Å²) < 4.78 is 8.37. The van der Waals surface area contributed by atoms with Gasteiger partial charge in [0.05, 0.1) is 8.95 Å². The van der Waals surface area contributed by atoms with Crippen LogP contribution in [0.3, 0.4) is 0 Å². The number of amides is 1. The number of hydrogen-bond acceptors (Lipinski definition) is 3. The summed E-state index contributed by atoms with van der Waals surface area (Å²) in [7, 11) is 0. The summed E-state index contributed by atoms with van der Waals surface area (Å²) in [6.45, 7) is 0.386. The first kappa shape index (κ1) is 23.5. The Morgan fingerprint density at radius 2 is 1.61 bits per heavy atom. The summed E-state index contributed by atoms with van der Waals surface area (Å²) >= 11 is 9.20. The molecule has 0 heterocycles. The maximum absolute atomic E-state index is 12.3. The highest BCUT2D eigenvalue weighted by Gasteiger charge is 2.15. The number of carbonyl (C=O) groups is 2. The molecule has 0 aliphatic carbocycles. The van der Waals surface area contributed by atoms with Crippen LogP contribution in [0.1, 0.15) is 21.5 Å². The molecular formula is C23H16Br2INO4. The Balaban J connectivity index is 1.79. The molecule has 0 aliphatic rings. The van der Waals surface area contributed by atoms with Gasteiger partial charge in [-0.15, -0.1) is 0 Å². The maximum atomic E-state index is 12.3. The third-order valence-electron chi connectivity index (χ3n) is 4.14. The van der Waals surface area contributed by atoms with E-state index in [1.165, 1.54) is 6.08 Å². The number of carbonyl (C=O) groups excluding carboxylic acids is 1. The van der Waals surface area contributed by atoms with Crippen LogP contribution in [-0.2, 0) is 11.4 Å². The van der Waals surface area contributed by atoms with Gasteiger partial charge in [0.15, 0.2) is 0 Å². The minimum atomic E-state index is -1.24. The minimum absolute atomic E-state index is 0.236. The third-order valence-corrected chi connectivity index (χ3v) is 6.04. The first-order chi connectivity index (χ1) is 14.8.